The Bertz CT molecular complexity index is 5160. The van der Waals surface area contributed by atoms with Gasteiger partial charge in [-0.05, 0) is 206 Å². The van der Waals surface area contributed by atoms with Gasteiger partial charge in [0.15, 0.2) is 16.9 Å². The van der Waals surface area contributed by atoms with E-state index in [9.17, 15) is 14.4 Å². The quantitative estimate of drug-likeness (QED) is 0.0287. The molecule has 9 N–H and O–H groups in total. The Morgan fingerprint density at radius 2 is 0.743 bits per heavy atom. The molecule has 109 heavy (non-hydrogen) atoms. The van der Waals surface area contributed by atoms with E-state index in [2.05, 4.69) is 51.8 Å². The van der Waals surface area contributed by atoms with Gasteiger partial charge in [-0.15, -0.1) is 6.42 Å². The van der Waals surface area contributed by atoms with Crippen molar-refractivity contribution >= 4 is 68.3 Å². The van der Waals surface area contributed by atoms with Crippen molar-refractivity contribution < 1.29 is 33.3 Å². The summed E-state index contributed by atoms with van der Waals surface area (Å²) in [6.45, 7) is 1.16. The summed E-state index contributed by atoms with van der Waals surface area (Å²) in [5, 5.41) is 26.2. The Balaban J connectivity index is 0.000000144. The molecule has 0 radical (unpaired) electrons. The predicted molar refractivity (Wildman–Crippen MR) is 421 cm³/mol. The van der Waals surface area contributed by atoms with Crippen molar-refractivity contribution in [2.75, 3.05) is 51.6 Å². The molecule has 3 saturated carbocycles. The van der Waals surface area contributed by atoms with Crippen molar-refractivity contribution in [1.29, 1.82) is 0 Å². The van der Waals surface area contributed by atoms with Crippen LogP contribution in [-0.2, 0) is 19.1 Å². The van der Waals surface area contributed by atoms with Gasteiger partial charge in [0, 0.05) is 60.6 Å². The van der Waals surface area contributed by atoms with E-state index in [1.165, 1.54) is 25.1 Å². The summed E-state index contributed by atoms with van der Waals surface area (Å²) in [7, 11) is 5.55. The summed E-state index contributed by atoms with van der Waals surface area (Å²) < 4.78 is 28.7. The Labute approximate surface area is 631 Å². The fourth-order valence-corrected chi connectivity index (χ4v) is 14.0. The molecule has 26 heteroatoms. The predicted octanol–water partition coefficient (Wildman–Crippen LogP) is 13.4. The van der Waals surface area contributed by atoms with Gasteiger partial charge < -0.3 is 57.0 Å². The van der Waals surface area contributed by atoms with Crippen molar-refractivity contribution in [3.63, 3.8) is 0 Å². The van der Waals surface area contributed by atoms with Gasteiger partial charge in [0.25, 0.3) is 5.91 Å². The van der Waals surface area contributed by atoms with E-state index < -0.39 is 0 Å². The number of amides is 3. The molecule has 0 atom stereocenters. The number of terminal acetylenes is 1. The average Bonchev–Trinajstić information content (AvgIpc) is 1.63. The van der Waals surface area contributed by atoms with Crippen LogP contribution in [0.1, 0.15) is 95.2 Å². The molecule has 26 nitrogen and oxygen atoms in total. The number of likely N-dealkylation sites (N-methyl/N-ethyl adjacent to an activating group) is 1. The second kappa shape index (κ2) is 35.5. The number of anilines is 3. The van der Waals surface area contributed by atoms with E-state index in [1.807, 2.05) is 203 Å². The first-order chi connectivity index (χ1) is 53.2. The molecule has 0 unspecified atom stereocenters. The van der Waals surface area contributed by atoms with E-state index in [4.69, 9.17) is 57.9 Å². The molecule has 556 valence electrons. The molecule has 6 aromatic carbocycles. The lowest BCUT2D eigenvalue weighted by molar-refractivity contribution is -0.118. The lowest BCUT2D eigenvalue weighted by atomic mass is 9.91. The molecule has 12 aromatic rings. The first-order valence-corrected chi connectivity index (χ1v) is 36.5. The molecule has 0 aliphatic heterocycles. The highest BCUT2D eigenvalue weighted by molar-refractivity contribution is 6.00. The van der Waals surface area contributed by atoms with E-state index in [0.29, 0.717) is 29.7 Å². The summed E-state index contributed by atoms with van der Waals surface area (Å²) in [5.41, 5.74) is 26.0. The second-order valence-electron chi connectivity index (χ2n) is 27.2. The third kappa shape index (κ3) is 18.7. The van der Waals surface area contributed by atoms with E-state index >= 15 is 0 Å². The molecule has 3 aliphatic rings. The number of hydrogen-bond acceptors (Lipinski definition) is 20. The van der Waals surface area contributed by atoms with E-state index in [1.54, 1.807) is 19.3 Å². The molecule has 0 saturated heterocycles. The second-order valence-corrected chi connectivity index (χ2v) is 27.2. The molecular weight excluding hydrogens is 1380 g/mol. The van der Waals surface area contributed by atoms with Gasteiger partial charge in [-0.3, -0.25) is 14.4 Å². The van der Waals surface area contributed by atoms with Crippen LogP contribution in [0, 0.1) is 12.3 Å². The number of methoxy groups -OCH3 is 1. The van der Waals surface area contributed by atoms with Crippen LogP contribution in [-0.4, -0.2) is 134 Å². The first kappa shape index (κ1) is 74.4. The maximum atomic E-state index is 12.3. The highest BCUT2D eigenvalue weighted by atomic mass is 16.5. The number of carbonyl (C=O) groups excluding carboxylic acids is 3. The van der Waals surface area contributed by atoms with Gasteiger partial charge in [-0.1, -0.05) is 66.7 Å². The lowest BCUT2D eigenvalue weighted by Gasteiger charge is -2.29. The Kier molecular flexibility index (Phi) is 24.2. The zero-order chi connectivity index (χ0) is 75.6. The minimum atomic E-state index is -0.365. The largest absolute Gasteiger partial charge is 0.457 e. The first-order valence-electron chi connectivity index (χ1n) is 36.5. The SMILES string of the molecule is C#CC(=O)NC1CCC(n2nc(-c3ccc(Oc4ccccc4)cc3)c3c(N)ncnc32)CC1.CN(C)C/C=C/C(=O)NC1CCC(n2nc(-c3ccc(Oc4ccccc4)cc3)c3c(N)ncnc32)CC1.COC/C=C/C(=O)NC1CCC(n2nc(-c3ccc(Oc4ccccc4)cc3)c3c(N)ncnc32)CC1. The number of nitrogens with zero attached hydrogens (tertiary/aromatic N) is 13. The van der Waals surface area contributed by atoms with Gasteiger partial charge in [0.1, 0.15) is 88.0 Å². The third-order valence-corrected chi connectivity index (χ3v) is 19.4. The van der Waals surface area contributed by atoms with Crippen molar-refractivity contribution in [2.24, 2.45) is 0 Å². The number of ether oxygens (including phenoxy) is 4. The van der Waals surface area contributed by atoms with Crippen LogP contribution in [0.4, 0.5) is 17.5 Å². The number of nitrogens with two attached hydrogens (primary N) is 3. The molecule has 15 rings (SSSR count). The topological polar surface area (TPSA) is 336 Å². The average molecular weight is 1460 g/mol. The van der Waals surface area contributed by atoms with E-state index in [-0.39, 0.29) is 54.0 Å². The standard InChI is InChI=1S/C29H33N7O2.C28H30N6O3.C26H24N6O2/c1-35(2)18-6-9-25(37)33-21-12-14-22(15-13-21)36-29-26(28(30)31-19-32-29)27(34-36)20-10-16-24(17-11-20)38-23-7-4-3-5-8-23;1-36-17-5-8-24(35)32-20-11-13-21(14-12-20)34-28-25(27(29)30-18-31-28)26(33-34)19-9-15-23(16-10-19)37-22-6-3-2-4-7-22;1-2-22(33)30-18-10-12-19(13-11-18)32-26-23(25(27)28-16-29-26)24(31-32)17-8-14-21(15-9-17)34-20-6-4-3-5-7-20/h3-11,16-17,19,21-22H,12-15,18H2,1-2H3,(H,33,37)(H2,30,31,32);2-10,15-16,18,20-21H,11-14,17H2,1H3,(H,32,35)(H2,29,30,31);1,3-9,14-16,18-19H,10-13H2,(H,30,33)(H2,27,28,29)/b9-6+;8-5+;. The number of carbonyl (C=O) groups is 3. The van der Waals surface area contributed by atoms with Crippen molar-refractivity contribution in [2.45, 2.75) is 113 Å². The molecule has 0 spiro atoms. The molecule has 6 heterocycles. The highest BCUT2D eigenvalue weighted by Crippen LogP contribution is 2.41. The van der Waals surface area contributed by atoms with Crippen LogP contribution >= 0.6 is 0 Å². The van der Waals surface area contributed by atoms with Gasteiger partial charge >= 0.3 is 0 Å². The minimum absolute atomic E-state index is 0.0395. The van der Waals surface area contributed by atoms with Crippen LogP contribution in [0.15, 0.2) is 207 Å². The van der Waals surface area contributed by atoms with Crippen LogP contribution in [0.25, 0.3) is 66.9 Å². The summed E-state index contributed by atoms with van der Waals surface area (Å²) in [5.74, 6) is 7.37. The number of rotatable bonds is 21. The fourth-order valence-electron chi connectivity index (χ4n) is 14.0. The highest BCUT2D eigenvalue weighted by Gasteiger charge is 2.31. The number of benzene rings is 6. The zero-order valence-electron chi connectivity index (χ0n) is 61.0. The molecule has 3 fully saturated rings. The van der Waals surface area contributed by atoms with Crippen LogP contribution in [0.5, 0.6) is 34.5 Å². The minimum Gasteiger partial charge on any atom is -0.457 e. The van der Waals surface area contributed by atoms with Crippen molar-refractivity contribution in [3.8, 4) is 80.6 Å². The zero-order valence-corrected chi connectivity index (χ0v) is 61.0. The summed E-state index contributed by atoms with van der Waals surface area (Å²) in [6.07, 6.45) is 26.7. The Hall–Kier alpha value is -12.9. The number of aromatic nitrogens is 12. The fraction of sp³-hybridized carbons (Fsp3) is 0.277. The number of nitrogens with one attached hydrogen (secondary N) is 3. The lowest BCUT2D eigenvalue weighted by Crippen LogP contribution is -2.37. The number of fused-ring (bicyclic) bond motifs is 3. The normalized spacial score (nSPS) is 17.8. The summed E-state index contributed by atoms with van der Waals surface area (Å²) in [4.78, 5) is 64.2. The molecule has 6 aromatic heterocycles. The smallest absolute Gasteiger partial charge is 0.295 e. The van der Waals surface area contributed by atoms with Crippen LogP contribution in [0.3, 0.4) is 0 Å². The van der Waals surface area contributed by atoms with E-state index in [0.717, 1.165) is 179 Å². The van der Waals surface area contributed by atoms with Gasteiger partial charge in [0.2, 0.25) is 11.8 Å². The summed E-state index contributed by atoms with van der Waals surface area (Å²) >= 11 is 0. The van der Waals surface area contributed by atoms with Gasteiger partial charge in [-0.2, -0.15) is 15.3 Å². The Morgan fingerprint density at radius 3 is 1.05 bits per heavy atom. The maximum Gasteiger partial charge on any atom is 0.295 e. The molecule has 3 amide bonds. The number of para-hydroxylation sites is 3. The summed E-state index contributed by atoms with van der Waals surface area (Å²) in [6, 6.07) is 53.1. The van der Waals surface area contributed by atoms with Crippen LogP contribution < -0.4 is 47.4 Å². The maximum absolute atomic E-state index is 12.3. The molecule has 0 bridgehead atoms. The molecular formula is C83H87N19O7. The monoisotopic (exact) mass is 1460 g/mol. The third-order valence-electron chi connectivity index (χ3n) is 19.4. The number of hydrogen-bond donors (Lipinski definition) is 6. The van der Waals surface area contributed by atoms with Gasteiger partial charge in [0.05, 0.1) is 40.9 Å². The Morgan fingerprint density at radius 1 is 0.440 bits per heavy atom. The van der Waals surface area contributed by atoms with Gasteiger partial charge in [-0.25, -0.2) is 43.9 Å². The van der Waals surface area contributed by atoms with Crippen molar-refractivity contribution in [3.05, 3.63) is 207 Å². The van der Waals surface area contributed by atoms with Crippen LogP contribution in [0.2, 0.25) is 0 Å². The molecule has 3 aliphatic carbocycles. The number of nitrogen functional groups attached to an aromatic ring is 3. The van der Waals surface area contributed by atoms with Crippen molar-refractivity contribution in [1.82, 2.24) is 80.1 Å².